The van der Waals surface area contributed by atoms with Crippen molar-refractivity contribution in [2.45, 2.75) is 89.1 Å². The average Bonchev–Trinajstić information content (AvgIpc) is 3.42. The van der Waals surface area contributed by atoms with E-state index >= 15 is 0 Å². The molecule has 2 heterocycles. The highest BCUT2D eigenvalue weighted by atomic mass is 35.5. The predicted octanol–water partition coefficient (Wildman–Crippen LogP) is 7.87. The van der Waals surface area contributed by atoms with Crippen molar-refractivity contribution >= 4 is 50.3 Å². The molecular weight excluding hydrogens is 694 g/mol. The van der Waals surface area contributed by atoms with Crippen LogP contribution < -0.4 is 21.4 Å². The molecule has 1 amide bonds. The minimum Gasteiger partial charge on any atom is -0.410 e. The Morgan fingerprint density at radius 3 is 1.96 bits per heavy atom. The molecule has 1 aromatic heterocycles. The van der Waals surface area contributed by atoms with Crippen molar-refractivity contribution in [2.24, 2.45) is 0 Å². The Bertz CT molecular complexity index is 1840. The van der Waals surface area contributed by atoms with Gasteiger partial charge in [-0.3, -0.25) is 9.36 Å². The van der Waals surface area contributed by atoms with Gasteiger partial charge in [-0.25, -0.2) is 4.79 Å². The van der Waals surface area contributed by atoms with Crippen LogP contribution in [0.2, 0.25) is 23.2 Å². The Balaban J connectivity index is 1.56. The summed E-state index contributed by atoms with van der Waals surface area (Å²) in [6.45, 7) is 17.8. The molecule has 270 valence electrons. The third kappa shape index (κ3) is 8.06. The molecule has 0 saturated carbocycles. The van der Waals surface area contributed by atoms with Crippen LogP contribution in [0.25, 0.3) is 0 Å². The van der Waals surface area contributed by atoms with E-state index in [4.69, 9.17) is 25.2 Å². The molecule has 3 atom stereocenters. The number of hydrogen-bond acceptors (Lipinski definition) is 6. The molecule has 0 radical (unpaired) electrons. The van der Waals surface area contributed by atoms with Gasteiger partial charge in [0.05, 0.1) is 12.7 Å². The maximum atomic E-state index is 13.6. The molecule has 1 aliphatic heterocycles. The molecule has 8 nitrogen and oxygen atoms in total. The molecule has 5 rings (SSSR count). The summed E-state index contributed by atoms with van der Waals surface area (Å²) < 4.78 is 23.0. The quantitative estimate of drug-likeness (QED) is 0.157. The van der Waals surface area contributed by atoms with Crippen molar-refractivity contribution < 1.29 is 18.4 Å². The van der Waals surface area contributed by atoms with Crippen molar-refractivity contribution in [3.05, 3.63) is 131 Å². The fourth-order valence-corrected chi connectivity index (χ4v) is 12.7. The molecular formula is C40H50ClN3O5Si2. The molecule has 1 aliphatic rings. The fourth-order valence-electron chi connectivity index (χ4n) is 6.50. The maximum Gasteiger partial charge on any atom is 0.351 e. The Morgan fingerprint density at radius 2 is 1.47 bits per heavy atom. The number of amides is 1. The number of benzene rings is 3. The number of nitrogens with zero attached hydrogens (tertiary/aromatic N) is 2. The van der Waals surface area contributed by atoms with E-state index in [0.717, 1.165) is 10.4 Å². The molecule has 3 aromatic carbocycles. The van der Waals surface area contributed by atoms with Gasteiger partial charge in [-0.1, -0.05) is 132 Å². The van der Waals surface area contributed by atoms with E-state index in [1.54, 1.807) is 36.5 Å². The van der Waals surface area contributed by atoms with Gasteiger partial charge in [0, 0.05) is 23.7 Å². The van der Waals surface area contributed by atoms with Gasteiger partial charge in [-0.2, -0.15) is 4.98 Å². The van der Waals surface area contributed by atoms with Crippen LogP contribution in [0.3, 0.4) is 0 Å². The van der Waals surface area contributed by atoms with Gasteiger partial charge in [-0.05, 0) is 57.8 Å². The first-order chi connectivity index (χ1) is 24.0. The van der Waals surface area contributed by atoms with Crippen LogP contribution in [0.4, 0.5) is 5.82 Å². The SMILES string of the molecule is CC(C)(C)[Si](C)(C)O[C@H]1C[C@H](n2ccc(NC(=O)c3ccccc3)nc2=O)O[C@]1(/C=C\Cl)CO[Si](c1ccccc1)(c1ccccc1)C(C)(C)C. The smallest absolute Gasteiger partial charge is 0.351 e. The number of anilines is 1. The number of ether oxygens (including phenoxy) is 1. The van der Waals surface area contributed by atoms with E-state index in [-0.39, 0.29) is 28.4 Å². The number of aromatic nitrogens is 2. The monoisotopic (exact) mass is 743 g/mol. The third-order valence-electron chi connectivity index (χ3n) is 10.3. The number of carbonyl (C=O) groups is 1. The Kier molecular flexibility index (Phi) is 11.5. The summed E-state index contributed by atoms with van der Waals surface area (Å²) in [4.78, 5) is 30.6. The molecule has 0 aliphatic carbocycles. The maximum absolute atomic E-state index is 13.6. The van der Waals surface area contributed by atoms with E-state index in [0.29, 0.717) is 12.0 Å². The summed E-state index contributed by atoms with van der Waals surface area (Å²) in [6, 6.07) is 31.3. The zero-order chi connectivity index (χ0) is 37.1. The lowest BCUT2D eigenvalue weighted by Gasteiger charge is -2.46. The molecule has 11 heteroatoms. The lowest BCUT2D eigenvalue weighted by Crippen LogP contribution is -2.68. The summed E-state index contributed by atoms with van der Waals surface area (Å²) >= 11 is 6.45. The highest BCUT2D eigenvalue weighted by molar-refractivity contribution is 6.99. The van der Waals surface area contributed by atoms with E-state index in [2.05, 4.69) is 113 Å². The van der Waals surface area contributed by atoms with Crippen molar-refractivity contribution in [1.29, 1.82) is 0 Å². The lowest BCUT2D eigenvalue weighted by molar-refractivity contribution is -0.0916. The van der Waals surface area contributed by atoms with Crippen molar-refractivity contribution in [2.75, 3.05) is 11.9 Å². The normalized spacial score (nSPS) is 20.1. The van der Waals surface area contributed by atoms with Gasteiger partial charge >= 0.3 is 5.69 Å². The second-order valence-electron chi connectivity index (χ2n) is 15.7. The largest absolute Gasteiger partial charge is 0.410 e. The minimum atomic E-state index is -3.00. The van der Waals surface area contributed by atoms with Crippen LogP contribution in [0.5, 0.6) is 0 Å². The van der Waals surface area contributed by atoms with E-state index in [1.165, 1.54) is 10.1 Å². The zero-order valence-corrected chi connectivity index (χ0v) is 33.6. The summed E-state index contributed by atoms with van der Waals surface area (Å²) in [7, 11) is -5.39. The highest BCUT2D eigenvalue weighted by Gasteiger charge is 2.56. The highest BCUT2D eigenvalue weighted by Crippen LogP contribution is 2.47. The molecule has 0 unspecified atom stereocenters. The summed E-state index contributed by atoms with van der Waals surface area (Å²) in [6.07, 6.45) is 2.54. The topological polar surface area (TPSA) is 91.7 Å². The van der Waals surface area contributed by atoms with Gasteiger partial charge in [0.25, 0.3) is 14.2 Å². The lowest BCUT2D eigenvalue weighted by atomic mass is 9.98. The van der Waals surface area contributed by atoms with Crippen LogP contribution in [0.15, 0.2) is 120 Å². The van der Waals surface area contributed by atoms with E-state index in [9.17, 15) is 9.59 Å². The number of hydrogen-bond donors (Lipinski definition) is 1. The Morgan fingerprint density at radius 1 is 0.922 bits per heavy atom. The zero-order valence-electron chi connectivity index (χ0n) is 30.9. The molecule has 51 heavy (non-hydrogen) atoms. The first-order valence-electron chi connectivity index (χ1n) is 17.4. The Labute approximate surface area is 309 Å². The minimum absolute atomic E-state index is 0.0998. The second-order valence-corrected chi connectivity index (χ2v) is 25.0. The van der Waals surface area contributed by atoms with Gasteiger partial charge in [0.15, 0.2) is 8.32 Å². The van der Waals surface area contributed by atoms with Crippen LogP contribution >= 0.6 is 11.6 Å². The van der Waals surface area contributed by atoms with E-state index < -0.39 is 40.3 Å². The standard InChI is InChI=1S/C40H50ClN3O5Si2/c1-38(2,3)50(7,8)49-33-28-35(44-27-24-34(43-37(44)46)42-36(45)30-18-12-9-13-19-30)48-40(33,25-26-41)29-47-51(39(4,5)6,31-20-14-10-15-21-31)32-22-16-11-17-23-32/h9-27,33,35H,28-29H2,1-8H3,(H,42,43,45,46)/b26-25-/t33-,35+,40+/m0/s1. The predicted molar refractivity (Wildman–Crippen MR) is 211 cm³/mol. The van der Waals surface area contributed by atoms with Gasteiger partial charge in [0.1, 0.15) is 17.6 Å². The van der Waals surface area contributed by atoms with Gasteiger partial charge < -0.3 is 18.9 Å². The second kappa shape index (κ2) is 15.1. The molecule has 1 fully saturated rings. The van der Waals surface area contributed by atoms with Crippen molar-refractivity contribution in [3.63, 3.8) is 0 Å². The molecule has 0 bridgehead atoms. The van der Waals surface area contributed by atoms with Gasteiger partial charge in [-0.15, -0.1) is 0 Å². The molecule has 0 spiro atoms. The summed E-state index contributed by atoms with van der Waals surface area (Å²) in [5.41, 5.74) is 0.221. The number of halogens is 1. The number of carbonyl (C=O) groups excluding carboxylic acids is 1. The summed E-state index contributed by atoms with van der Waals surface area (Å²) in [5.74, 6) is -0.203. The number of nitrogens with one attached hydrogen (secondary N) is 1. The van der Waals surface area contributed by atoms with Gasteiger partial charge in [0.2, 0.25) is 0 Å². The van der Waals surface area contributed by atoms with Crippen LogP contribution in [-0.4, -0.2) is 50.4 Å². The van der Waals surface area contributed by atoms with Crippen LogP contribution in [0, 0.1) is 0 Å². The van der Waals surface area contributed by atoms with Crippen molar-refractivity contribution in [1.82, 2.24) is 9.55 Å². The van der Waals surface area contributed by atoms with Crippen molar-refractivity contribution in [3.8, 4) is 0 Å². The molecule has 1 N–H and O–H groups in total. The summed E-state index contributed by atoms with van der Waals surface area (Å²) in [5, 5.41) is 4.62. The fraction of sp³-hybridized carbons (Fsp3) is 0.375. The average molecular weight is 744 g/mol. The first kappa shape index (κ1) is 38.6. The Hall–Kier alpha value is -3.65. The molecule has 1 saturated heterocycles. The first-order valence-corrected chi connectivity index (χ1v) is 22.6. The molecule has 4 aromatic rings. The van der Waals surface area contributed by atoms with E-state index in [1.807, 2.05) is 24.3 Å². The number of rotatable bonds is 11. The third-order valence-corrected chi connectivity index (χ3v) is 19.8. The van der Waals surface area contributed by atoms with Crippen LogP contribution in [0.1, 0.15) is 64.5 Å². The van der Waals surface area contributed by atoms with Crippen LogP contribution in [-0.2, 0) is 13.6 Å².